The predicted molar refractivity (Wildman–Crippen MR) is 317 cm³/mol. The van der Waals surface area contributed by atoms with E-state index in [9.17, 15) is 48.3 Å². The number of likely N-dealkylation sites (N-methyl/N-ethyl adjacent to an activating group) is 2. The van der Waals surface area contributed by atoms with Crippen LogP contribution in [0.3, 0.4) is 0 Å². The number of methoxy groups -OCH3 is 3. The van der Waals surface area contributed by atoms with Gasteiger partial charge in [-0.15, -0.1) is 6.42 Å². The average molecular weight is 1240 g/mol. The number of rotatable bonds is 30. The highest BCUT2D eigenvalue weighted by molar-refractivity contribution is 5.92. The van der Waals surface area contributed by atoms with Gasteiger partial charge in [0.05, 0.1) is 55.9 Å². The van der Waals surface area contributed by atoms with Gasteiger partial charge in [-0.05, 0) is 55.2 Å². The molecule has 2 aromatic carbocycles. The second-order valence-electron chi connectivity index (χ2n) is 22.9. The van der Waals surface area contributed by atoms with E-state index in [1.54, 1.807) is 65.6 Å². The largest absolute Gasteiger partial charge is 0.480 e. The molecular formula is C63H91N5O20. The van der Waals surface area contributed by atoms with Crippen molar-refractivity contribution in [1.29, 1.82) is 0 Å². The molecule has 15 atom stereocenters. The van der Waals surface area contributed by atoms with Gasteiger partial charge in [0.1, 0.15) is 36.8 Å². The number of carbonyl (C=O) groups is 9. The highest BCUT2D eigenvalue weighted by atomic mass is 16.7. The normalized spacial score (nSPS) is 21.3. The number of likely N-dealkylation sites (tertiary alicyclic amines) is 1. The Morgan fingerprint density at radius 1 is 0.795 bits per heavy atom. The minimum absolute atomic E-state index is 0.0373. The van der Waals surface area contributed by atoms with Gasteiger partial charge >= 0.3 is 30.0 Å². The number of hydrogen-bond acceptors (Lipinski definition) is 20. The van der Waals surface area contributed by atoms with Crippen LogP contribution in [0.4, 0.5) is 4.79 Å². The van der Waals surface area contributed by atoms with Crippen LogP contribution in [0.25, 0.3) is 0 Å². The van der Waals surface area contributed by atoms with Crippen molar-refractivity contribution in [3.63, 3.8) is 0 Å². The van der Waals surface area contributed by atoms with Crippen LogP contribution in [0.1, 0.15) is 119 Å². The molecule has 2 aliphatic heterocycles. The van der Waals surface area contributed by atoms with Gasteiger partial charge in [0.2, 0.25) is 36.0 Å². The van der Waals surface area contributed by atoms with E-state index in [0.717, 1.165) is 32.8 Å². The van der Waals surface area contributed by atoms with Crippen molar-refractivity contribution in [1.82, 2.24) is 25.3 Å². The molecule has 4 rings (SSSR count). The summed E-state index contributed by atoms with van der Waals surface area (Å²) in [6.07, 6.45) is -4.40. The minimum Gasteiger partial charge on any atom is -0.480 e. The second-order valence-corrected chi connectivity index (χ2v) is 22.9. The molecule has 3 N–H and O–H groups in total. The Morgan fingerprint density at radius 3 is 1.98 bits per heavy atom. The molecule has 2 aromatic rings. The van der Waals surface area contributed by atoms with Gasteiger partial charge in [0.25, 0.3) is 0 Å². The molecule has 88 heavy (non-hydrogen) atoms. The second kappa shape index (κ2) is 34.3. The summed E-state index contributed by atoms with van der Waals surface area (Å²) < 4.78 is 56.7. The summed E-state index contributed by atoms with van der Waals surface area (Å²) in [4.78, 5) is 126. The van der Waals surface area contributed by atoms with E-state index in [4.69, 9.17) is 53.8 Å². The van der Waals surface area contributed by atoms with Crippen molar-refractivity contribution >= 4 is 53.6 Å². The third-order valence-corrected chi connectivity index (χ3v) is 15.9. The fourth-order valence-corrected chi connectivity index (χ4v) is 11.2. The van der Waals surface area contributed by atoms with Crippen molar-refractivity contribution in [3.05, 3.63) is 59.7 Å². The maximum Gasteiger partial charge on any atom is 0.410 e. The standard InChI is InChI=1S/C63H91N5O20/c1-18-30-82-46-31-44(87-62-57(86-41(12)71)55(85-40(11)70)54(84-39(10)69)56(88-62)61(77)81-17)28-27-43(46)33-83-63(78)67(14)50(35(5)6)59(75)65-49(34(3)4)60(76)66(13)51(36(7)19-2)47(79-15)32-48(72)68-29-23-26-45(68)53(80-16)37(8)58(74)64-38(9)52(73)42-24-21-20-22-25-42/h1,20-22,24-25,27-28,31,34-38,45,47,49-57,62,73H,19,23,26,29-30,32-33H2,2-17H3,(H,64,74)(H,65,75). The monoisotopic (exact) mass is 1240 g/mol. The van der Waals surface area contributed by atoms with Crippen molar-refractivity contribution in [2.45, 2.75) is 188 Å². The van der Waals surface area contributed by atoms with Crippen LogP contribution in [0.15, 0.2) is 48.5 Å². The number of hydrogen-bond donors (Lipinski definition) is 3. The summed E-state index contributed by atoms with van der Waals surface area (Å²) in [6, 6.07) is 9.22. The SMILES string of the molecule is C#CCOc1cc(OC2OC(C(=O)OC)C(OC(C)=O)C(OC(C)=O)C2OC(C)=O)ccc1COC(=O)N(C)C(C(=O)NC(C(=O)N(C)C(C(C)CC)C(CC(=O)N1CCCC1C(OC)C(C)C(=O)NC(C)C(O)c1ccccc1)OC)C(C)C)C(C)C. The number of nitrogens with one attached hydrogen (secondary N) is 2. The Bertz CT molecular complexity index is 2740. The maximum absolute atomic E-state index is 14.8. The number of nitrogens with zero attached hydrogens (tertiary/aromatic N) is 3. The quantitative estimate of drug-likeness (QED) is 0.0544. The van der Waals surface area contributed by atoms with Crippen molar-refractivity contribution < 1.29 is 95.6 Å². The van der Waals surface area contributed by atoms with E-state index in [-0.39, 0.29) is 47.8 Å². The minimum atomic E-state index is -1.74. The smallest absolute Gasteiger partial charge is 0.410 e. The molecule has 2 aliphatic rings. The number of carbonyl (C=O) groups excluding carboxylic acids is 9. The Kier molecular flexibility index (Phi) is 28.4. The molecule has 0 radical (unpaired) electrons. The van der Waals surface area contributed by atoms with Gasteiger partial charge in [-0.3, -0.25) is 38.5 Å². The van der Waals surface area contributed by atoms with Crippen LogP contribution in [0.2, 0.25) is 0 Å². The summed E-state index contributed by atoms with van der Waals surface area (Å²) in [5.74, 6) is -4.89. The van der Waals surface area contributed by atoms with Gasteiger partial charge < -0.3 is 72.9 Å². The van der Waals surface area contributed by atoms with Crippen LogP contribution in [0, 0.1) is 36.0 Å². The molecule has 0 bridgehead atoms. The molecule has 0 spiro atoms. The van der Waals surface area contributed by atoms with Crippen LogP contribution in [-0.2, 0) is 82.9 Å². The van der Waals surface area contributed by atoms with E-state index in [1.807, 2.05) is 32.0 Å². The van der Waals surface area contributed by atoms with E-state index in [0.29, 0.717) is 31.4 Å². The molecule has 2 fully saturated rings. The molecular weight excluding hydrogens is 1150 g/mol. The number of amides is 5. The van der Waals surface area contributed by atoms with E-state index in [1.165, 1.54) is 44.4 Å². The van der Waals surface area contributed by atoms with Gasteiger partial charge in [-0.25, -0.2) is 9.59 Å². The molecule has 5 amide bonds. The Balaban J connectivity index is 1.51. The number of esters is 4. The lowest BCUT2D eigenvalue weighted by molar-refractivity contribution is -0.282. The zero-order valence-corrected chi connectivity index (χ0v) is 53.5. The van der Waals surface area contributed by atoms with Crippen molar-refractivity contribution in [2.75, 3.05) is 48.6 Å². The summed E-state index contributed by atoms with van der Waals surface area (Å²) in [6.45, 7) is 17.2. The predicted octanol–water partition coefficient (Wildman–Crippen LogP) is 4.66. The summed E-state index contributed by atoms with van der Waals surface area (Å²) in [5, 5.41) is 16.8. The fourth-order valence-electron chi connectivity index (χ4n) is 11.2. The molecule has 15 unspecified atom stereocenters. The number of terminal acetylenes is 1. The first-order valence-electron chi connectivity index (χ1n) is 29.5. The molecule has 25 nitrogen and oxygen atoms in total. The number of benzene rings is 2. The Hall–Kier alpha value is -7.53. The molecule has 488 valence electrons. The van der Waals surface area contributed by atoms with E-state index >= 15 is 0 Å². The zero-order valence-electron chi connectivity index (χ0n) is 53.5. The lowest BCUT2D eigenvalue weighted by Gasteiger charge is -2.43. The van der Waals surface area contributed by atoms with Crippen LogP contribution < -0.4 is 20.1 Å². The van der Waals surface area contributed by atoms with Gasteiger partial charge in [-0.2, -0.15) is 0 Å². The van der Waals surface area contributed by atoms with Gasteiger partial charge in [-0.1, -0.05) is 91.1 Å². The third-order valence-electron chi connectivity index (χ3n) is 15.9. The molecule has 2 saturated heterocycles. The maximum atomic E-state index is 14.8. The third kappa shape index (κ3) is 19.2. The van der Waals surface area contributed by atoms with Gasteiger partial charge in [0, 0.05) is 67.3 Å². The molecule has 25 heteroatoms. The summed E-state index contributed by atoms with van der Waals surface area (Å²) in [7, 11) is 7.03. The lowest BCUT2D eigenvalue weighted by atomic mass is 9.89. The molecule has 0 aliphatic carbocycles. The molecule has 0 saturated carbocycles. The first kappa shape index (κ1) is 72.9. The summed E-state index contributed by atoms with van der Waals surface area (Å²) >= 11 is 0. The lowest BCUT2D eigenvalue weighted by Crippen LogP contribution is -2.64. The number of aliphatic hydroxyl groups is 1. The van der Waals surface area contributed by atoms with Crippen LogP contribution in [-0.4, -0.2) is 195 Å². The Labute approximate surface area is 516 Å². The molecule has 2 heterocycles. The summed E-state index contributed by atoms with van der Waals surface area (Å²) in [5.41, 5.74) is 0.921. The first-order valence-corrected chi connectivity index (χ1v) is 29.5. The molecule has 0 aromatic heterocycles. The van der Waals surface area contributed by atoms with Gasteiger partial charge in [0.15, 0.2) is 18.3 Å². The number of aliphatic hydroxyl groups excluding tert-OH is 1. The number of ether oxygens (including phenoxy) is 10. The first-order chi connectivity index (χ1) is 41.6. The fraction of sp³-hybridized carbons (Fsp3) is 0.635. The highest BCUT2D eigenvalue weighted by Gasteiger charge is 2.56. The van der Waals surface area contributed by atoms with Crippen LogP contribution in [0.5, 0.6) is 11.5 Å². The van der Waals surface area contributed by atoms with E-state index in [2.05, 4.69) is 16.6 Å². The van der Waals surface area contributed by atoms with E-state index < -0.39 is 145 Å². The average Bonchev–Trinajstić information content (AvgIpc) is 2.53. The van der Waals surface area contributed by atoms with Crippen LogP contribution >= 0.6 is 0 Å². The Morgan fingerprint density at radius 2 is 1.42 bits per heavy atom. The topological polar surface area (TPSA) is 300 Å². The van der Waals surface area contributed by atoms with Crippen molar-refractivity contribution in [2.24, 2.45) is 23.7 Å². The highest BCUT2D eigenvalue weighted by Crippen LogP contribution is 2.35. The van der Waals surface area contributed by atoms with Crippen molar-refractivity contribution in [3.8, 4) is 23.8 Å². The zero-order chi connectivity index (χ0) is 65.9.